The molecule has 1 aliphatic carbocycles. The SMILES string of the molecule is OCc1ccc(OC2CCCC2)c(Br)c1. The van der Waals surface area contributed by atoms with Crippen molar-refractivity contribution in [3.63, 3.8) is 0 Å². The normalized spacial score (nSPS) is 16.9. The molecule has 0 saturated heterocycles. The molecule has 1 saturated carbocycles. The minimum atomic E-state index is 0.0717. The lowest BCUT2D eigenvalue weighted by Gasteiger charge is -2.14. The van der Waals surface area contributed by atoms with Crippen LogP contribution in [0.3, 0.4) is 0 Å². The molecule has 1 N–H and O–H groups in total. The Bertz CT molecular complexity index is 332. The zero-order valence-corrected chi connectivity index (χ0v) is 10.2. The van der Waals surface area contributed by atoms with Crippen LogP contribution in [-0.4, -0.2) is 11.2 Å². The molecule has 1 aromatic rings. The molecule has 0 amide bonds. The first kappa shape index (κ1) is 11.0. The number of rotatable bonds is 3. The van der Waals surface area contributed by atoms with Gasteiger partial charge in [0.1, 0.15) is 5.75 Å². The molecule has 0 aromatic heterocycles. The zero-order chi connectivity index (χ0) is 10.7. The number of aliphatic hydroxyl groups excluding tert-OH is 1. The third kappa shape index (κ3) is 2.73. The van der Waals surface area contributed by atoms with E-state index in [2.05, 4.69) is 15.9 Å². The van der Waals surface area contributed by atoms with Crippen molar-refractivity contribution in [2.45, 2.75) is 38.4 Å². The Morgan fingerprint density at radius 3 is 2.67 bits per heavy atom. The molecular weight excluding hydrogens is 256 g/mol. The maximum atomic E-state index is 8.98. The van der Waals surface area contributed by atoms with Crippen LogP contribution in [0.5, 0.6) is 5.75 Å². The first-order chi connectivity index (χ1) is 7.29. The van der Waals surface area contributed by atoms with E-state index in [4.69, 9.17) is 9.84 Å². The van der Waals surface area contributed by atoms with Crippen molar-refractivity contribution >= 4 is 15.9 Å². The van der Waals surface area contributed by atoms with Gasteiger partial charge in [0.2, 0.25) is 0 Å². The molecule has 2 nitrogen and oxygen atoms in total. The number of halogens is 1. The van der Waals surface area contributed by atoms with Crippen molar-refractivity contribution in [1.29, 1.82) is 0 Å². The summed E-state index contributed by atoms with van der Waals surface area (Å²) in [4.78, 5) is 0. The number of aliphatic hydroxyl groups is 1. The van der Waals surface area contributed by atoms with Crippen molar-refractivity contribution in [1.82, 2.24) is 0 Å². The van der Waals surface area contributed by atoms with Gasteiger partial charge < -0.3 is 9.84 Å². The number of hydrogen-bond donors (Lipinski definition) is 1. The van der Waals surface area contributed by atoms with Gasteiger partial charge in [-0.05, 0) is 59.3 Å². The Balaban J connectivity index is 2.07. The predicted octanol–water partition coefficient (Wildman–Crippen LogP) is 3.26. The standard InChI is InChI=1S/C12H15BrO2/c13-11-7-9(8-14)5-6-12(11)15-10-3-1-2-4-10/h5-7,10,14H,1-4,8H2. The Morgan fingerprint density at radius 1 is 1.33 bits per heavy atom. The maximum absolute atomic E-state index is 8.98. The topological polar surface area (TPSA) is 29.5 Å². The summed E-state index contributed by atoms with van der Waals surface area (Å²) in [5.41, 5.74) is 0.903. The van der Waals surface area contributed by atoms with E-state index in [-0.39, 0.29) is 6.61 Å². The fourth-order valence-electron chi connectivity index (χ4n) is 1.92. The first-order valence-corrected chi connectivity index (χ1v) is 6.15. The molecule has 2 rings (SSSR count). The lowest BCUT2D eigenvalue weighted by atomic mass is 10.2. The largest absolute Gasteiger partial charge is 0.489 e. The summed E-state index contributed by atoms with van der Waals surface area (Å²) in [5.74, 6) is 0.888. The van der Waals surface area contributed by atoms with Gasteiger partial charge in [-0.2, -0.15) is 0 Å². The number of hydrogen-bond acceptors (Lipinski definition) is 2. The second kappa shape index (κ2) is 4.99. The molecular formula is C12H15BrO2. The van der Waals surface area contributed by atoms with E-state index in [9.17, 15) is 0 Å². The van der Waals surface area contributed by atoms with E-state index in [1.807, 2.05) is 18.2 Å². The van der Waals surface area contributed by atoms with Crippen LogP contribution < -0.4 is 4.74 Å². The van der Waals surface area contributed by atoms with Gasteiger partial charge in [-0.1, -0.05) is 6.07 Å². The van der Waals surface area contributed by atoms with Crippen LogP contribution in [0.1, 0.15) is 31.2 Å². The minimum absolute atomic E-state index is 0.0717. The van der Waals surface area contributed by atoms with Crippen LogP contribution >= 0.6 is 15.9 Å². The third-order valence-electron chi connectivity index (χ3n) is 2.77. The van der Waals surface area contributed by atoms with Crippen molar-refractivity contribution in [2.24, 2.45) is 0 Å². The van der Waals surface area contributed by atoms with Gasteiger partial charge in [0.05, 0.1) is 17.2 Å². The molecule has 0 aliphatic heterocycles. The van der Waals surface area contributed by atoms with Crippen molar-refractivity contribution < 1.29 is 9.84 Å². The molecule has 0 unspecified atom stereocenters. The predicted molar refractivity (Wildman–Crippen MR) is 62.9 cm³/mol. The Hall–Kier alpha value is -0.540. The van der Waals surface area contributed by atoms with Gasteiger partial charge >= 0.3 is 0 Å². The van der Waals surface area contributed by atoms with E-state index in [0.29, 0.717) is 6.10 Å². The number of benzene rings is 1. The zero-order valence-electron chi connectivity index (χ0n) is 8.58. The van der Waals surface area contributed by atoms with Gasteiger partial charge in [-0.3, -0.25) is 0 Å². The summed E-state index contributed by atoms with van der Waals surface area (Å²) in [6.07, 6.45) is 5.25. The Labute approximate surface area is 98.4 Å². The van der Waals surface area contributed by atoms with Crippen LogP contribution in [0.25, 0.3) is 0 Å². The molecule has 1 fully saturated rings. The summed E-state index contributed by atoms with van der Waals surface area (Å²) in [6, 6.07) is 5.73. The van der Waals surface area contributed by atoms with Crippen molar-refractivity contribution in [2.75, 3.05) is 0 Å². The molecule has 0 heterocycles. The molecule has 1 aliphatic rings. The number of ether oxygens (including phenoxy) is 1. The van der Waals surface area contributed by atoms with E-state index in [1.54, 1.807) is 0 Å². The lowest BCUT2D eigenvalue weighted by Crippen LogP contribution is -2.11. The summed E-state index contributed by atoms with van der Waals surface area (Å²) < 4.78 is 6.81. The quantitative estimate of drug-likeness (QED) is 0.914. The highest BCUT2D eigenvalue weighted by Crippen LogP contribution is 2.30. The van der Waals surface area contributed by atoms with Gasteiger partial charge in [0.15, 0.2) is 0 Å². The van der Waals surface area contributed by atoms with E-state index in [0.717, 1.165) is 28.6 Å². The van der Waals surface area contributed by atoms with E-state index in [1.165, 1.54) is 12.8 Å². The van der Waals surface area contributed by atoms with Crippen LogP contribution in [0.2, 0.25) is 0 Å². The van der Waals surface area contributed by atoms with Crippen LogP contribution in [0.4, 0.5) is 0 Å². The second-order valence-electron chi connectivity index (χ2n) is 3.95. The van der Waals surface area contributed by atoms with Crippen LogP contribution in [-0.2, 0) is 6.61 Å². The van der Waals surface area contributed by atoms with Gasteiger partial charge in [0, 0.05) is 0 Å². The molecule has 82 valence electrons. The van der Waals surface area contributed by atoms with E-state index >= 15 is 0 Å². The fourth-order valence-corrected chi connectivity index (χ4v) is 2.44. The molecule has 1 aromatic carbocycles. The summed E-state index contributed by atoms with van der Waals surface area (Å²) in [6.45, 7) is 0.0717. The summed E-state index contributed by atoms with van der Waals surface area (Å²) in [7, 11) is 0. The average molecular weight is 271 g/mol. The van der Waals surface area contributed by atoms with Gasteiger partial charge in [0.25, 0.3) is 0 Å². The first-order valence-electron chi connectivity index (χ1n) is 5.35. The fraction of sp³-hybridized carbons (Fsp3) is 0.500. The van der Waals surface area contributed by atoms with Crippen molar-refractivity contribution in [3.8, 4) is 5.75 Å². The highest BCUT2D eigenvalue weighted by atomic mass is 79.9. The monoisotopic (exact) mass is 270 g/mol. The Kier molecular flexibility index (Phi) is 3.65. The summed E-state index contributed by atoms with van der Waals surface area (Å²) >= 11 is 3.46. The maximum Gasteiger partial charge on any atom is 0.133 e. The van der Waals surface area contributed by atoms with Gasteiger partial charge in [-0.15, -0.1) is 0 Å². The van der Waals surface area contributed by atoms with Crippen molar-refractivity contribution in [3.05, 3.63) is 28.2 Å². The van der Waals surface area contributed by atoms with Crippen LogP contribution in [0.15, 0.2) is 22.7 Å². The third-order valence-corrected chi connectivity index (χ3v) is 3.39. The lowest BCUT2D eigenvalue weighted by molar-refractivity contribution is 0.208. The smallest absolute Gasteiger partial charge is 0.133 e. The highest BCUT2D eigenvalue weighted by Gasteiger charge is 2.17. The summed E-state index contributed by atoms with van der Waals surface area (Å²) in [5, 5.41) is 8.98. The molecule has 0 spiro atoms. The second-order valence-corrected chi connectivity index (χ2v) is 4.80. The van der Waals surface area contributed by atoms with Gasteiger partial charge in [-0.25, -0.2) is 0 Å². The Morgan fingerprint density at radius 2 is 2.07 bits per heavy atom. The molecule has 0 radical (unpaired) electrons. The van der Waals surface area contributed by atoms with E-state index < -0.39 is 0 Å². The minimum Gasteiger partial charge on any atom is -0.489 e. The molecule has 15 heavy (non-hydrogen) atoms. The average Bonchev–Trinajstić information content (AvgIpc) is 2.74. The molecule has 3 heteroatoms. The molecule has 0 atom stereocenters. The van der Waals surface area contributed by atoms with Crippen LogP contribution in [0, 0.1) is 0 Å². The molecule has 0 bridgehead atoms. The highest BCUT2D eigenvalue weighted by molar-refractivity contribution is 9.10.